The number of hydrogen-bond acceptors (Lipinski definition) is 5. The molecule has 1 aromatic heterocycles. The zero-order chi connectivity index (χ0) is 16.8. The van der Waals surface area contributed by atoms with Crippen LogP contribution in [0.2, 0.25) is 0 Å². The van der Waals surface area contributed by atoms with Crippen molar-refractivity contribution in [3.8, 4) is 0 Å². The van der Waals surface area contributed by atoms with Gasteiger partial charge in [0.15, 0.2) is 5.16 Å². The van der Waals surface area contributed by atoms with E-state index < -0.39 is 12.0 Å². The van der Waals surface area contributed by atoms with Crippen LogP contribution in [0.5, 0.6) is 0 Å². The number of ether oxygens (including phenoxy) is 1. The van der Waals surface area contributed by atoms with Gasteiger partial charge in [-0.25, -0.2) is 9.78 Å². The summed E-state index contributed by atoms with van der Waals surface area (Å²) in [5, 5.41) is 3.41. The Morgan fingerprint density at radius 3 is 2.74 bits per heavy atom. The number of H-pyrrole nitrogens is 1. The van der Waals surface area contributed by atoms with E-state index in [9.17, 15) is 9.59 Å². The molecule has 0 aliphatic rings. The number of benzene rings is 1. The number of imidazole rings is 1. The number of carbonyl (C=O) groups is 2. The Labute approximate surface area is 139 Å². The molecule has 1 atom stereocenters. The molecule has 0 saturated carbocycles. The van der Waals surface area contributed by atoms with Crippen LogP contribution < -0.4 is 5.32 Å². The number of esters is 1. The second-order valence-corrected chi connectivity index (χ2v) is 6.58. The number of methoxy groups -OCH3 is 1. The van der Waals surface area contributed by atoms with Crippen LogP contribution in [-0.4, -0.2) is 40.7 Å². The molecule has 0 fully saturated rings. The average Bonchev–Trinajstić information content (AvgIpc) is 2.94. The normalized spacial score (nSPS) is 12.3. The van der Waals surface area contributed by atoms with Gasteiger partial charge >= 0.3 is 5.97 Å². The summed E-state index contributed by atoms with van der Waals surface area (Å²) in [6.45, 7) is 3.98. The fourth-order valence-corrected chi connectivity index (χ4v) is 2.89. The van der Waals surface area contributed by atoms with Gasteiger partial charge in [-0.3, -0.25) is 4.79 Å². The highest BCUT2D eigenvalue weighted by molar-refractivity contribution is 7.99. The van der Waals surface area contributed by atoms with Gasteiger partial charge in [0, 0.05) is 0 Å². The number of thioether (sulfide) groups is 1. The number of para-hydroxylation sites is 2. The predicted molar refractivity (Wildman–Crippen MR) is 90.2 cm³/mol. The molecule has 0 spiro atoms. The lowest BCUT2D eigenvalue weighted by molar-refractivity contribution is -0.145. The number of aromatic nitrogens is 2. The van der Waals surface area contributed by atoms with Crippen LogP contribution in [-0.2, 0) is 14.3 Å². The van der Waals surface area contributed by atoms with Crippen molar-refractivity contribution in [2.45, 2.75) is 31.5 Å². The standard InChI is InChI=1S/C16H21N3O3S/c1-10(2)8-13(15(21)22-3)17-14(20)9-23-16-18-11-6-4-5-7-12(11)19-16/h4-7,10,13H,8-9H2,1-3H3,(H,17,20)(H,18,19)/t13-/m1/s1. The van der Waals surface area contributed by atoms with Crippen LogP contribution in [0.1, 0.15) is 20.3 Å². The Bertz CT molecular complexity index is 651. The zero-order valence-electron chi connectivity index (χ0n) is 13.5. The number of rotatable bonds is 7. The summed E-state index contributed by atoms with van der Waals surface area (Å²) >= 11 is 1.30. The maximum Gasteiger partial charge on any atom is 0.328 e. The lowest BCUT2D eigenvalue weighted by atomic mass is 10.0. The van der Waals surface area contributed by atoms with E-state index in [1.807, 2.05) is 38.1 Å². The van der Waals surface area contributed by atoms with Crippen molar-refractivity contribution in [3.63, 3.8) is 0 Å². The highest BCUT2D eigenvalue weighted by Gasteiger charge is 2.22. The third-order valence-electron chi connectivity index (χ3n) is 3.24. The third-order valence-corrected chi connectivity index (χ3v) is 4.11. The van der Waals surface area contributed by atoms with E-state index >= 15 is 0 Å². The number of nitrogens with one attached hydrogen (secondary N) is 2. The van der Waals surface area contributed by atoms with Gasteiger partial charge < -0.3 is 15.0 Å². The number of nitrogens with zero attached hydrogens (tertiary/aromatic N) is 1. The maximum atomic E-state index is 12.1. The fourth-order valence-electron chi connectivity index (χ4n) is 2.20. The summed E-state index contributed by atoms with van der Waals surface area (Å²) < 4.78 is 4.74. The molecule has 1 amide bonds. The Morgan fingerprint density at radius 1 is 1.35 bits per heavy atom. The number of aromatic amines is 1. The van der Waals surface area contributed by atoms with Crippen molar-refractivity contribution in [3.05, 3.63) is 24.3 Å². The first kappa shape index (κ1) is 17.3. The van der Waals surface area contributed by atoms with E-state index in [1.54, 1.807) is 0 Å². The number of carbonyl (C=O) groups excluding carboxylic acids is 2. The summed E-state index contributed by atoms with van der Waals surface area (Å²) in [7, 11) is 1.32. The molecule has 7 heteroatoms. The van der Waals surface area contributed by atoms with Crippen LogP contribution in [0.25, 0.3) is 11.0 Å². The summed E-state index contributed by atoms with van der Waals surface area (Å²) in [6, 6.07) is 7.07. The minimum Gasteiger partial charge on any atom is -0.467 e. The highest BCUT2D eigenvalue weighted by atomic mass is 32.2. The van der Waals surface area contributed by atoms with Crippen molar-refractivity contribution in [1.82, 2.24) is 15.3 Å². The van der Waals surface area contributed by atoms with E-state index in [-0.39, 0.29) is 17.6 Å². The second kappa shape index (κ2) is 8.01. The van der Waals surface area contributed by atoms with E-state index in [0.29, 0.717) is 11.6 Å². The molecule has 124 valence electrons. The first-order valence-corrected chi connectivity index (χ1v) is 8.43. The van der Waals surface area contributed by atoms with Crippen LogP contribution in [0.15, 0.2) is 29.4 Å². The molecule has 0 radical (unpaired) electrons. The van der Waals surface area contributed by atoms with Gasteiger partial charge in [-0.05, 0) is 24.5 Å². The van der Waals surface area contributed by atoms with E-state index in [4.69, 9.17) is 4.74 Å². The van der Waals surface area contributed by atoms with Gasteiger partial charge in [0.05, 0.1) is 23.9 Å². The van der Waals surface area contributed by atoms with E-state index in [1.165, 1.54) is 18.9 Å². The topological polar surface area (TPSA) is 84.1 Å². The molecule has 1 heterocycles. The predicted octanol–water partition coefficient (Wildman–Crippen LogP) is 2.36. The van der Waals surface area contributed by atoms with Gasteiger partial charge in [0.2, 0.25) is 5.91 Å². The Kier molecular flexibility index (Phi) is 6.04. The summed E-state index contributed by atoms with van der Waals surface area (Å²) in [4.78, 5) is 31.3. The maximum absolute atomic E-state index is 12.1. The lowest BCUT2D eigenvalue weighted by Gasteiger charge is -2.18. The lowest BCUT2D eigenvalue weighted by Crippen LogP contribution is -2.43. The Balaban J connectivity index is 1.91. The quantitative estimate of drug-likeness (QED) is 0.599. The third kappa shape index (κ3) is 4.99. The first-order chi connectivity index (χ1) is 11.0. The SMILES string of the molecule is COC(=O)[C@@H](CC(C)C)NC(=O)CSc1nc2ccccc2[nH]1. The van der Waals surface area contributed by atoms with Crippen LogP contribution >= 0.6 is 11.8 Å². The van der Waals surface area contributed by atoms with Crippen molar-refractivity contribution in [2.75, 3.05) is 12.9 Å². The molecule has 0 aliphatic heterocycles. The molecule has 6 nitrogen and oxygen atoms in total. The summed E-state index contributed by atoms with van der Waals surface area (Å²) in [5.41, 5.74) is 1.80. The molecule has 0 saturated heterocycles. The van der Waals surface area contributed by atoms with Gasteiger partial charge in [-0.15, -0.1) is 0 Å². The smallest absolute Gasteiger partial charge is 0.328 e. The average molecular weight is 335 g/mol. The molecular weight excluding hydrogens is 314 g/mol. The van der Waals surface area contributed by atoms with E-state index in [0.717, 1.165) is 11.0 Å². The van der Waals surface area contributed by atoms with Gasteiger partial charge in [0.1, 0.15) is 6.04 Å². The largest absolute Gasteiger partial charge is 0.467 e. The summed E-state index contributed by atoms with van der Waals surface area (Å²) in [6.07, 6.45) is 0.549. The van der Waals surface area contributed by atoms with Gasteiger partial charge in [-0.1, -0.05) is 37.7 Å². The second-order valence-electron chi connectivity index (χ2n) is 5.62. The molecule has 23 heavy (non-hydrogen) atoms. The molecule has 0 aliphatic carbocycles. The van der Waals surface area contributed by atoms with Gasteiger partial charge in [-0.2, -0.15) is 0 Å². The van der Waals surface area contributed by atoms with Crippen molar-refractivity contribution in [1.29, 1.82) is 0 Å². The van der Waals surface area contributed by atoms with E-state index in [2.05, 4.69) is 15.3 Å². The minimum absolute atomic E-state index is 0.186. The Morgan fingerprint density at radius 2 is 2.09 bits per heavy atom. The molecule has 1 aromatic carbocycles. The molecule has 2 aromatic rings. The van der Waals surface area contributed by atoms with Crippen LogP contribution in [0.4, 0.5) is 0 Å². The molecule has 0 unspecified atom stereocenters. The molecule has 0 bridgehead atoms. The molecular formula is C16H21N3O3S. The zero-order valence-corrected chi connectivity index (χ0v) is 14.3. The first-order valence-electron chi connectivity index (χ1n) is 7.44. The number of amides is 1. The number of fused-ring (bicyclic) bond motifs is 1. The monoisotopic (exact) mass is 335 g/mol. The van der Waals surface area contributed by atoms with Gasteiger partial charge in [0.25, 0.3) is 0 Å². The fraction of sp³-hybridized carbons (Fsp3) is 0.438. The number of hydrogen-bond donors (Lipinski definition) is 2. The molecule has 2 N–H and O–H groups in total. The van der Waals surface area contributed by atoms with Crippen LogP contribution in [0, 0.1) is 5.92 Å². The van der Waals surface area contributed by atoms with Crippen molar-refractivity contribution < 1.29 is 14.3 Å². The van der Waals surface area contributed by atoms with Crippen LogP contribution in [0.3, 0.4) is 0 Å². The molecule has 2 rings (SSSR count). The van der Waals surface area contributed by atoms with Crippen molar-refractivity contribution >= 4 is 34.7 Å². The minimum atomic E-state index is -0.608. The Hall–Kier alpha value is -2.02. The summed E-state index contributed by atoms with van der Waals surface area (Å²) in [5.74, 6) is -0.166. The highest BCUT2D eigenvalue weighted by Crippen LogP contribution is 2.19. The van der Waals surface area contributed by atoms with Crippen molar-refractivity contribution in [2.24, 2.45) is 5.92 Å².